The van der Waals surface area contributed by atoms with Crippen LogP contribution in [0.2, 0.25) is 0 Å². The van der Waals surface area contributed by atoms with E-state index in [1.54, 1.807) is 17.5 Å². The van der Waals surface area contributed by atoms with Crippen LogP contribution in [0.15, 0.2) is 17.6 Å². The summed E-state index contributed by atoms with van der Waals surface area (Å²) in [5, 5.41) is 6.45. The summed E-state index contributed by atoms with van der Waals surface area (Å²) in [6.07, 6.45) is 2.66. The Morgan fingerprint density at radius 1 is 1.41 bits per heavy atom. The van der Waals surface area contributed by atoms with Crippen LogP contribution in [0.25, 0.3) is 0 Å². The highest BCUT2D eigenvalue weighted by atomic mass is 32.1. The molecule has 90 valence electrons. The molecule has 2 rings (SSSR count). The highest BCUT2D eigenvalue weighted by Gasteiger charge is 2.03. The second-order valence-electron chi connectivity index (χ2n) is 3.95. The third kappa shape index (κ3) is 2.94. The largest absolute Gasteiger partial charge is 0.396 e. The van der Waals surface area contributed by atoms with Gasteiger partial charge in [0, 0.05) is 30.2 Å². The molecule has 0 spiro atoms. The molecule has 4 nitrogen and oxygen atoms in total. The number of hydrogen-bond acceptors (Lipinski definition) is 5. The van der Waals surface area contributed by atoms with E-state index >= 15 is 0 Å². The summed E-state index contributed by atoms with van der Waals surface area (Å²) in [4.78, 5) is 8.63. The number of nitrogen functional groups attached to an aromatic ring is 1. The van der Waals surface area contributed by atoms with Gasteiger partial charge in [-0.15, -0.1) is 11.3 Å². The second-order valence-corrected chi connectivity index (χ2v) is 4.89. The van der Waals surface area contributed by atoms with E-state index in [1.165, 1.54) is 0 Å². The maximum Gasteiger partial charge on any atom is 0.149 e. The Balaban J connectivity index is 1.92. The minimum atomic E-state index is 0.725. The normalized spacial score (nSPS) is 10.5. The van der Waals surface area contributed by atoms with Crippen LogP contribution in [0.5, 0.6) is 0 Å². The number of thiazole rings is 1. The maximum atomic E-state index is 5.93. The van der Waals surface area contributed by atoms with Crippen molar-refractivity contribution in [3.63, 3.8) is 0 Å². The molecule has 2 aromatic rings. The first-order valence-corrected chi connectivity index (χ1v) is 6.40. The van der Waals surface area contributed by atoms with Gasteiger partial charge < -0.3 is 11.1 Å². The summed E-state index contributed by atoms with van der Waals surface area (Å²) in [5.41, 5.74) is 8.78. The molecule has 0 saturated carbocycles. The minimum Gasteiger partial charge on any atom is -0.396 e. The number of nitrogens with zero attached hydrogens (tertiary/aromatic N) is 2. The topological polar surface area (TPSA) is 63.8 Å². The zero-order chi connectivity index (χ0) is 12.3. The van der Waals surface area contributed by atoms with E-state index in [-0.39, 0.29) is 0 Å². The predicted octanol–water partition coefficient (Wildman–Crippen LogP) is 2.39. The lowest BCUT2D eigenvalue weighted by atomic mass is 10.2. The van der Waals surface area contributed by atoms with Crippen LogP contribution in [0.1, 0.15) is 16.3 Å². The maximum absolute atomic E-state index is 5.93. The van der Waals surface area contributed by atoms with Gasteiger partial charge in [-0.2, -0.15) is 0 Å². The Morgan fingerprint density at radius 3 is 2.94 bits per heavy atom. The number of rotatable bonds is 4. The molecule has 0 aliphatic heterocycles. The molecule has 0 aliphatic rings. The van der Waals surface area contributed by atoms with Crippen molar-refractivity contribution in [1.29, 1.82) is 0 Å². The molecule has 0 saturated heterocycles. The van der Waals surface area contributed by atoms with Gasteiger partial charge in [0.1, 0.15) is 5.82 Å². The average Bonchev–Trinajstić information content (AvgIpc) is 2.70. The van der Waals surface area contributed by atoms with E-state index in [0.717, 1.165) is 40.7 Å². The van der Waals surface area contributed by atoms with Crippen molar-refractivity contribution in [1.82, 2.24) is 9.97 Å². The van der Waals surface area contributed by atoms with Crippen LogP contribution < -0.4 is 11.1 Å². The van der Waals surface area contributed by atoms with Crippen LogP contribution >= 0.6 is 11.3 Å². The summed E-state index contributed by atoms with van der Waals surface area (Å²) in [6.45, 7) is 4.79. The van der Waals surface area contributed by atoms with Crippen molar-refractivity contribution in [3.8, 4) is 0 Å². The van der Waals surface area contributed by atoms with E-state index in [4.69, 9.17) is 5.73 Å². The molecular weight excluding hydrogens is 232 g/mol. The number of anilines is 2. The molecule has 0 radical (unpaired) electrons. The van der Waals surface area contributed by atoms with Crippen molar-refractivity contribution in [3.05, 3.63) is 33.9 Å². The molecule has 0 amide bonds. The Labute approximate surface area is 105 Å². The van der Waals surface area contributed by atoms with E-state index in [0.29, 0.717) is 0 Å². The van der Waals surface area contributed by atoms with Crippen molar-refractivity contribution in [2.45, 2.75) is 20.3 Å². The highest BCUT2D eigenvalue weighted by molar-refractivity contribution is 7.09. The Morgan fingerprint density at radius 2 is 2.24 bits per heavy atom. The highest BCUT2D eigenvalue weighted by Crippen LogP contribution is 2.18. The van der Waals surface area contributed by atoms with Gasteiger partial charge >= 0.3 is 0 Å². The number of pyridine rings is 1. The summed E-state index contributed by atoms with van der Waals surface area (Å²) in [7, 11) is 0. The van der Waals surface area contributed by atoms with E-state index in [9.17, 15) is 0 Å². The summed E-state index contributed by atoms with van der Waals surface area (Å²) in [5.74, 6) is 0.762. The fraction of sp³-hybridized carbons (Fsp3) is 0.333. The van der Waals surface area contributed by atoms with Crippen LogP contribution in [-0.2, 0) is 6.42 Å². The third-order valence-corrected chi connectivity index (χ3v) is 3.53. The molecule has 0 bridgehead atoms. The molecule has 0 fully saturated rings. The fourth-order valence-electron chi connectivity index (χ4n) is 1.52. The monoisotopic (exact) mass is 248 g/mol. The molecule has 0 atom stereocenters. The standard InChI is InChI=1S/C12H16N4S/c1-8-3-5-14-12(11(8)13)15-6-4-10-16-9(2)7-17-10/h3,5,7H,4,6,13H2,1-2H3,(H,14,15). The quantitative estimate of drug-likeness (QED) is 0.872. The van der Waals surface area contributed by atoms with E-state index in [1.807, 2.05) is 19.9 Å². The Kier molecular flexibility index (Phi) is 3.58. The minimum absolute atomic E-state index is 0.725. The number of aryl methyl sites for hydroxylation is 2. The molecule has 5 heteroatoms. The molecule has 3 N–H and O–H groups in total. The SMILES string of the molecule is Cc1csc(CCNc2nccc(C)c2N)n1. The molecule has 17 heavy (non-hydrogen) atoms. The number of hydrogen-bond donors (Lipinski definition) is 2. The summed E-state index contributed by atoms with van der Waals surface area (Å²) in [6, 6.07) is 1.91. The first-order valence-electron chi connectivity index (χ1n) is 5.53. The number of nitrogens with two attached hydrogens (primary N) is 1. The Hall–Kier alpha value is -1.62. The van der Waals surface area contributed by atoms with Gasteiger partial charge in [0.25, 0.3) is 0 Å². The third-order valence-electron chi connectivity index (χ3n) is 2.51. The van der Waals surface area contributed by atoms with Gasteiger partial charge in [0.05, 0.1) is 10.7 Å². The van der Waals surface area contributed by atoms with E-state index < -0.39 is 0 Å². The molecule has 0 unspecified atom stereocenters. The van der Waals surface area contributed by atoms with E-state index in [2.05, 4.69) is 20.7 Å². The second kappa shape index (κ2) is 5.14. The van der Waals surface area contributed by atoms with Crippen molar-refractivity contribution < 1.29 is 0 Å². The van der Waals surface area contributed by atoms with Crippen molar-refractivity contribution >= 4 is 22.8 Å². The Bertz CT molecular complexity index is 507. The number of nitrogens with one attached hydrogen (secondary N) is 1. The molecule has 2 heterocycles. The summed E-state index contributed by atoms with van der Waals surface area (Å²) < 4.78 is 0. The smallest absolute Gasteiger partial charge is 0.149 e. The zero-order valence-electron chi connectivity index (χ0n) is 10.0. The zero-order valence-corrected chi connectivity index (χ0v) is 10.8. The van der Waals surface area contributed by atoms with Crippen LogP contribution in [-0.4, -0.2) is 16.5 Å². The first kappa shape index (κ1) is 11.9. The summed E-state index contributed by atoms with van der Waals surface area (Å²) >= 11 is 1.69. The van der Waals surface area contributed by atoms with Gasteiger partial charge in [-0.25, -0.2) is 9.97 Å². The van der Waals surface area contributed by atoms with Gasteiger partial charge in [-0.3, -0.25) is 0 Å². The fourth-order valence-corrected chi connectivity index (χ4v) is 2.29. The van der Waals surface area contributed by atoms with Gasteiger partial charge in [0.2, 0.25) is 0 Å². The van der Waals surface area contributed by atoms with Gasteiger partial charge in [-0.05, 0) is 25.5 Å². The number of aromatic nitrogens is 2. The molecule has 0 aliphatic carbocycles. The molecule has 2 aromatic heterocycles. The van der Waals surface area contributed by atoms with Gasteiger partial charge in [-0.1, -0.05) is 0 Å². The van der Waals surface area contributed by atoms with Crippen molar-refractivity contribution in [2.75, 3.05) is 17.6 Å². The van der Waals surface area contributed by atoms with Crippen molar-refractivity contribution in [2.24, 2.45) is 0 Å². The molecule has 0 aromatic carbocycles. The average molecular weight is 248 g/mol. The first-order chi connectivity index (χ1) is 8.16. The lowest BCUT2D eigenvalue weighted by molar-refractivity contribution is 0.978. The van der Waals surface area contributed by atoms with Crippen LogP contribution in [0.4, 0.5) is 11.5 Å². The van der Waals surface area contributed by atoms with Crippen LogP contribution in [0.3, 0.4) is 0 Å². The van der Waals surface area contributed by atoms with Gasteiger partial charge in [0.15, 0.2) is 0 Å². The lowest BCUT2D eigenvalue weighted by Crippen LogP contribution is -2.09. The predicted molar refractivity (Wildman–Crippen MR) is 72.4 cm³/mol. The lowest BCUT2D eigenvalue weighted by Gasteiger charge is -2.08. The molecular formula is C12H16N4S. The van der Waals surface area contributed by atoms with Crippen LogP contribution in [0, 0.1) is 13.8 Å².